The molecule has 1 aliphatic rings. The van der Waals surface area contributed by atoms with Gasteiger partial charge in [0.05, 0.1) is 6.04 Å². The van der Waals surface area contributed by atoms with E-state index in [1.807, 2.05) is 0 Å². The number of carbonyl (C=O) groups excluding carboxylic acids is 1. The fourth-order valence-electron chi connectivity index (χ4n) is 1.31. The molecule has 1 fully saturated rings. The summed E-state index contributed by atoms with van der Waals surface area (Å²) in [4.78, 5) is 11.4. The quantitative estimate of drug-likeness (QED) is 0.666. The zero-order valence-electron chi connectivity index (χ0n) is 8.55. The lowest BCUT2D eigenvalue weighted by atomic mass is 10.0. The molecule has 0 aromatic carbocycles. The highest BCUT2D eigenvalue weighted by molar-refractivity contribution is 5.81. The minimum atomic E-state index is -0.321. The minimum absolute atomic E-state index is 0.0144. The number of hydrogen-bond donors (Lipinski definition) is 2. The molecule has 0 aromatic heterocycles. The third-order valence-electron chi connectivity index (χ3n) is 2.32. The first-order chi connectivity index (χ1) is 6.09. The molecule has 3 N–H and O–H groups in total. The lowest BCUT2D eigenvalue weighted by Gasteiger charge is -2.13. The summed E-state index contributed by atoms with van der Waals surface area (Å²) in [5, 5.41) is 2.89. The lowest BCUT2D eigenvalue weighted by Crippen LogP contribution is -2.42. The van der Waals surface area contributed by atoms with E-state index < -0.39 is 0 Å². The molecule has 1 aliphatic carbocycles. The molecule has 0 spiro atoms. The number of carbonyl (C=O) groups is 1. The molecule has 0 saturated heterocycles. The highest BCUT2D eigenvalue weighted by Crippen LogP contribution is 2.27. The summed E-state index contributed by atoms with van der Waals surface area (Å²) < 4.78 is 0. The fraction of sp³-hybridized carbons (Fsp3) is 0.900. The Bertz CT molecular complexity index is 176. The molecular formula is C10H20N2O. The highest BCUT2D eigenvalue weighted by Gasteiger charge is 2.23. The van der Waals surface area contributed by atoms with Crippen LogP contribution in [-0.2, 0) is 4.79 Å². The fourth-order valence-corrected chi connectivity index (χ4v) is 1.31. The summed E-state index contributed by atoms with van der Waals surface area (Å²) in [5.74, 6) is 1.23. The Hall–Kier alpha value is -0.570. The third kappa shape index (κ3) is 4.27. The maximum atomic E-state index is 11.4. The zero-order valence-corrected chi connectivity index (χ0v) is 8.55. The Labute approximate surface area is 80.1 Å². The van der Waals surface area contributed by atoms with Gasteiger partial charge in [-0.1, -0.05) is 13.8 Å². The van der Waals surface area contributed by atoms with Gasteiger partial charge in [-0.15, -0.1) is 0 Å². The Morgan fingerprint density at radius 2 is 2.15 bits per heavy atom. The number of rotatable bonds is 5. The summed E-state index contributed by atoms with van der Waals surface area (Å²) >= 11 is 0. The molecule has 3 nitrogen and oxygen atoms in total. The van der Waals surface area contributed by atoms with Crippen molar-refractivity contribution in [1.82, 2.24) is 5.32 Å². The van der Waals surface area contributed by atoms with E-state index in [4.69, 9.17) is 5.73 Å². The van der Waals surface area contributed by atoms with Crippen molar-refractivity contribution >= 4 is 5.91 Å². The largest absolute Gasteiger partial charge is 0.354 e. The molecule has 0 radical (unpaired) electrons. The summed E-state index contributed by atoms with van der Waals surface area (Å²) in [5.41, 5.74) is 5.71. The van der Waals surface area contributed by atoms with Crippen LogP contribution in [0.5, 0.6) is 0 Å². The summed E-state index contributed by atoms with van der Waals surface area (Å²) in [6.45, 7) is 4.98. The number of amides is 1. The van der Waals surface area contributed by atoms with Gasteiger partial charge in [-0.05, 0) is 31.1 Å². The molecule has 0 aliphatic heterocycles. The molecule has 0 aromatic rings. The topological polar surface area (TPSA) is 55.1 Å². The van der Waals surface area contributed by atoms with Gasteiger partial charge in [0.1, 0.15) is 0 Å². The smallest absolute Gasteiger partial charge is 0.236 e. The highest BCUT2D eigenvalue weighted by atomic mass is 16.2. The van der Waals surface area contributed by atoms with Crippen molar-refractivity contribution in [3.8, 4) is 0 Å². The second-order valence-corrected chi connectivity index (χ2v) is 4.42. The van der Waals surface area contributed by atoms with Gasteiger partial charge in [0, 0.05) is 6.54 Å². The van der Waals surface area contributed by atoms with Crippen molar-refractivity contribution in [2.75, 3.05) is 6.54 Å². The Morgan fingerprint density at radius 1 is 1.54 bits per heavy atom. The second-order valence-electron chi connectivity index (χ2n) is 4.42. The molecule has 3 heteroatoms. The molecule has 1 rings (SSSR count). The third-order valence-corrected chi connectivity index (χ3v) is 2.32. The van der Waals surface area contributed by atoms with Gasteiger partial charge < -0.3 is 11.1 Å². The first kappa shape index (κ1) is 10.5. The van der Waals surface area contributed by atoms with E-state index >= 15 is 0 Å². The molecule has 0 bridgehead atoms. The SMILES string of the molecule is CC(C)CC(N)C(=O)NCC1CC1. The molecule has 0 heterocycles. The molecule has 1 unspecified atom stereocenters. The molecular weight excluding hydrogens is 164 g/mol. The van der Waals surface area contributed by atoms with E-state index in [0.29, 0.717) is 5.92 Å². The summed E-state index contributed by atoms with van der Waals surface area (Å²) in [6.07, 6.45) is 3.30. The van der Waals surface area contributed by atoms with Gasteiger partial charge in [-0.2, -0.15) is 0 Å². The standard InChI is InChI=1S/C10H20N2O/c1-7(2)5-9(11)10(13)12-6-8-3-4-8/h7-9H,3-6,11H2,1-2H3,(H,12,13). The van der Waals surface area contributed by atoms with Crippen LogP contribution < -0.4 is 11.1 Å². The Balaban J connectivity index is 2.12. The predicted molar refractivity (Wildman–Crippen MR) is 53.2 cm³/mol. The van der Waals surface area contributed by atoms with E-state index in [0.717, 1.165) is 18.9 Å². The van der Waals surface area contributed by atoms with Gasteiger partial charge in [-0.25, -0.2) is 0 Å². The van der Waals surface area contributed by atoms with Gasteiger partial charge in [-0.3, -0.25) is 4.79 Å². The van der Waals surface area contributed by atoms with Gasteiger partial charge in [0.25, 0.3) is 0 Å². The number of hydrogen-bond acceptors (Lipinski definition) is 2. The number of nitrogens with one attached hydrogen (secondary N) is 1. The monoisotopic (exact) mass is 184 g/mol. The Kier molecular flexibility index (Phi) is 3.72. The van der Waals surface area contributed by atoms with Crippen LogP contribution in [0, 0.1) is 11.8 Å². The van der Waals surface area contributed by atoms with Crippen LogP contribution in [0.2, 0.25) is 0 Å². The second kappa shape index (κ2) is 4.61. The average Bonchev–Trinajstić information content (AvgIpc) is 2.81. The Morgan fingerprint density at radius 3 is 2.62 bits per heavy atom. The predicted octanol–water partition coefficient (Wildman–Crippen LogP) is 0.886. The first-order valence-corrected chi connectivity index (χ1v) is 5.13. The first-order valence-electron chi connectivity index (χ1n) is 5.13. The zero-order chi connectivity index (χ0) is 9.84. The minimum Gasteiger partial charge on any atom is -0.354 e. The molecule has 13 heavy (non-hydrogen) atoms. The van der Waals surface area contributed by atoms with Crippen molar-refractivity contribution in [2.45, 2.75) is 39.2 Å². The lowest BCUT2D eigenvalue weighted by molar-refractivity contribution is -0.122. The number of nitrogens with two attached hydrogens (primary N) is 1. The summed E-state index contributed by atoms with van der Waals surface area (Å²) in [7, 11) is 0. The molecule has 1 atom stereocenters. The summed E-state index contributed by atoms with van der Waals surface area (Å²) in [6, 6.07) is -0.321. The van der Waals surface area contributed by atoms with Gasteiger partial charge >= 0.3 is 0 Å². The van der Waals surface area contributed by atoms with Crippen molar-refractivity contribution < 1.29 is 4.79 Å². The van der Waals surface area contributed by atoms with E-state index in [1.54, 1.807) is 0 Å². The molecule has 1 amide bonds. The average molecular weight is 184 g/mol. The van der Waals surface area contributed by atoms with Crippen LogP contribution in [-0.4, -0.2) is 18.5 Å². The van der Waals surface area contributed by atoms with E-state index in [9.17, 15) is 4.79 Å². The molecule has 76 valence electrons. The molecule has 1 saturated carbocycles. The van der Waals surface area contributed by atoms with E-state index in [-0.39, 0.29) is 11.9 Å². The van der Waals surface area contributed by atoms with Crippen molar-refractivity contribution in [3.63, 3.8) is 0 Å². The van der Waals surface area contributed by atoms with Crippen molar-refractivity contribution in [2.24, 2.45) is 17.6 Å². The van der Waals surface area contributed by atoms with Crippen LogP contribution in [0.4, 0.5) is 0 Å². The maximum absolute atomic E-state index is 11.4. The van der Waals surface area contributed by atoms with E-state index in [2.05, 4.69) is 19.2 Å². The van der Waals surface area contributed by atoms with Crippen LogP contribution >= 0.6 is 0 Å². The van der Waals surface area contributed by atoms with Crippen LogP contribution in [0.15, 0.2) is 0 Å². The van der Waals surface area contributed by atoms with Gasteiger partial charge in [0.15, 0.2) is 0 Å². The van der Waals surface area contributed by atoms with E-state index in [1.165, 1.54) is 12.8 Å². The van der Waals surface area contributed by atoms with Crippen molar-refractivity contribution in [3.05, 3.63) is 0 Å². The van der Waals surface area contributed by atoms with Crippen LogP contribution in [0.25, 0.3) is 0 Å². The van der Waals surface area contributed by atoms with Crippen molar-refractivity contribution in [1.29, 1.82) is 0 Å². The van der Waals surface area contributed by atoms with Gasteiger partial charge in [0.2, 0.25) is 5.91 Å². The normalized spacial score (nSPS) is 18.8. The van der Waals surface area contributed by atoms with Crippen LogP contribution in [0.3, 0.4) is 0 Å². The maximum Gasteiger partial charge on any atom is 0.236 e. The van der Waals surface area contributed by atoms with Crippen LogP contribution in [0.1, 0.15) is 33.1 Å².